The van der Waals surface area contributed by atoms with Gasteiger partial charge in [-0.3, -0.25) is 4.79 Å². The molecular formula is C18H14ClNO3. The molecule has 0 aliphatic heterocycles. The summed E-state index contributed by atoms with van der Waals surface area (Å²) < 4.78 is 6.77. The van der Waals surface area contributed by atoms with Gasteiger partial charge in [-0.05, 0) is 37.3 Å². The van der Waals surface area contributed by atoms with Gasteiger partial charge >= 0.3 is 5.97 Å². The van der Waals surface area contributed by atoms with E-state index in [9.17, 15) is 9.59 Å². The van der Waals surface area contributed by atoms with Crippen LogP contribution in [0.15, 0.2) is 59.5 Å². The van der Waals surface area contributed by atoms with Crippen LogP contribution in [0.3, 0.4) is 0 Å². The van der Waals surface area contributed by atoms with Gasteiger partial charge < -0.3 is 9.30 Å². The predicted molar refractivity (Wildman–Crippen MR) is 90.5 cm³/mol. The highest BCUT2D eigenvalue weighted by Crippen LogP contribution is 2.21. The van der Waals surface area contributed by atoms with Gasteiger partial charge in [0.25, 0.3) is 0 Å². The number of hydrogen-bond donors (Lipinski definition) is 0. The smallest absolute Gasteiger partial charge is 0.343 e. The Labute approximate surface area is 137 Å². The molecule has 0 saturated carbocycles. The summed E-state index contributed by atoms with van der Waals surface area (Å²) in [6, 6.07) is 14.4. The zero-order chi connectivity index (χ0) is 16.4. The van der Waals surface area contributed by atoms with E-state index in [0.29, 0.717) is 15.9 Å². The molecule has 0 atom stereocenters. The number of carbonyl (C=O) groups excluding carboxylic acids is 1. The summed E-state index contributed by atoms with van der Waals surface area (Å²) in [5.74, 6) is -0.626. The van der Waals surface area contributed by atoms with Gasteiger partial charge in [-0.2, -0.15) is 0 Å². The third kappa shape index (κ3) is 2.85. The molecule has 0 aliphatic carbocycles. The Kier molecular flexibility index (Phi) is 4.17. The molecule has 2 aromatic carbocycles. The number of benzene rings is 2. The third-order valence-corrected chi connectivity index (χ3v) is 3.73. The molecule has 1 aromatic heterocycles. The van der Waals surface area contributed by atoms with Crippen LogP contribution < -0.4 is 5.43 Å². The monoisotopic (exact) mass is 327 g/mol. The number of pyridine rings is 1. The number of esters is 1. The van der Waals surface area contributed by atoms with E-state index in [-0.39, 0.29) is 17.6 Å². The lowest BCUT2D eigenvalue weighted by atomic mass is 10.1. The summed E-state index contributed by atoms with van der Waals surface area (Å²) in [6.45, 7) is 1.91. The predicted octanol–water partition coefficient (Wildman–Crippen LogP) is 3.82. The van der Waals surface area contributed by atoms with Crippen LogP contribution in [-0.2, 0) is 4.74 Å². The number of hydrogen-bond acceptors (Lipinski definition) is 3. The summed E-state index contributed by atoms with van der Waals surface area (Å²) in [4.78, 5) is 24.7. The Morgan fingerprint density at radius 2 is 1.91 bits per heavy atom. The van der Waals surface area contributed by atoms with Gasteiger partial charge in [0.1, 0.15) is 5.56 Å². The third-order valence-electron chi connectivity index (χ3n) is 3.50. The van der Waals surface area contributed by atoms with Gasteiger partial charge in [-0.25, -0.2) is 4.79 Å². The quantitative estimate of drug-likeness (QED) is 0.687. The Bertz CT molecular complexity index is 932. The lowest BCUT2D eigenvalue weighted by Crippen LogP contribution is -2.20. The van der Waals surface area contributed by atoms with Crippen molar-refractivity contribution in [2.75, 3.05) is 6.61 Å². The molecule has 1 heterocycles. The number of fused-ring (bicyclic) bond motifs is 1. The molecular weight excluding hydrogens is 314 g/mol. The van der Waals surface area contributed by atoms with Crippen molar-refractivity contribution in [3.05, 3.63) is 75.5 Å². The molecule has 0 aliphatic rings. The van der Waals surface area contributed by atoms with E-state index in [4.69, 9.17) is 16.3 Å². The van der Waals surface area contributed by atoms with Crippen molar-refractivity contribution in [3.63, 3.8) is 0 Å². The van der Waals surface area contributed by atoms with Crippen LogP contribution >= 0.6 is 11.6 Å². The van der Waals surface area contributed by atoms with Crippen LogP contribution in [0.4, 0.5) is 0 Å². The fourth-order valence-electron chi connectivity index (χ4n) is 2.45. The van der Waals surface area contributed by atoms with Gasteiger partial charge in [0.15, 0.2) is 0 Å². The van der Waals surface area contributed by atoms with E-state index in [1.165, 1.54) is 6.20 Å². The number of nitrogens with zero attached hydrogens (tertiary/aromatic N) is 1. The van der Waals surface area contributed by atoms with Crippen molar-refractivity contribution >= 4 is 28.5 Å². The van der Waals surface area contributed by atoms with Crippen molar-refractivity contribution in [2.24, 2.45) is 0 Å². The second-order valence-electron chi connectivity index (χ2n) is 4.96. The first-order valence-electron chi connectivity index (χ1n) is 7.19. The van der Waals surface area contributed by atoms with E-state index in [2.05, 4.69) is 0 Å². The van der Waals surface area contributed by atoms with Gasteiger partial charge in [-0.1, -0.05) is 29.8 Å². The van der Waals surface area contributed by atoms with E-state index in [1.54, 1.807) is 29.7 Å². The molecule has 5 heteroatoms. The average molecular weight is 328 g/mol. The maximum atomic E-state index is 12.6. The largest absolute Gasteiger partial charge is 0.462 e. The molecule has 23 heavy (non-hydrogen) atoms. The van der Waals surface area contributed by atoms with Crippen molar-refractivity contribution in [2.45, 2.75) is 6.92 Å². The van der Waals surface area contributed by atoms with E-state index >= 15 is 0 Å². The Morgan fingerprint density at radius 3 is 2.61 bits per heavy atom. The van der Waals surface area contributed by atoms with E-state index in [0.717, 1.165) is 5.69 Å². The van der Waals surface area contributed by atoms with Crippen LogP contribution in [-0.4, -0.2) is 17.1 Å². The molecule has 0 bridgehead atoms. The number of para-hydroxylation sites is 1. The highest BCUT2D eigenvalue weighted by Gasteiger charge is 2.17. The van der Waals surface area contributed by atoms with Gasteiger partial charge in [0, 0.05) is 22.3 Å². The molecule has 0 unspecified atom stereocenters. The van der Waals surface area contributed by atoms with Crippen molar-refractivity contribution in [1.82, 2.24) is 4.57 Å². The first kappa shape index (κ1) is 15.3. The van der Waals surface area contributed by atoms with Crippen LogP contribution in [0.5, 0.6) is 0 Å². The van der Waals surface area contributed by atoms with Crippen LogP contribution in [0.2, 0.25) is 5.02 Å². The maximum Gasteiger partial charge on any atom is 0.343 e. The molecule has 0 amide bonds. The standard InChI is InChI=1S/C18H14ClNO3/c1-2-23-18(22)15-11-20(13-6-4-3-5-7-13)16-10-12(19)8-9-14(16)17(15)21/h3-11H,2H2,1H3. The molecule has 116 valence electrons. The van der Waals surface area contributed by atoms with Crippen LogP contribution in [0.1, 0.15) is 17.3 Å². The highest BCUT2D eigenvalue weighted by atomic mass is 35.5. The topological polar surface area (TPSA) is 48.3 Å². The van der Waals surface area contributed by atoms with Gasteiger partial charge in [0.05, 0.1) is 12.1 Å². The second-order valence-corrected chi connectivity index (χ2v) is 5.40. The van der Waals surface area contributed by atoms with Crippen molar-refractivity contribution in [3.8, 4) is 5.69 Å². The van der Waals surface area contributed by atoms with Gasteiger partial charge in [0.2, 0.25) is 5.43 Å². The minimum absolute atomic E-state index is 0.00512. The Morgan fingerprint density at radius 1 is 1.17 bits per heavy atom. The van der Waals surface area contributed by atoms with Crippen LogP contribution in [0.25, 0.3) is 16.6 Å². The zero-order valence-electron chi connectivity index (χ0n) is 12.5. The molecule has 3 rings (SSSR count). The molecule has 0 fully saturated rings. The van der Waals surface area contributed by atoms with Crippen LogP contribution in [0, 0.1) is 0 Å². The molecule has 4 nitrogen and oxygen atoms in total. The van der Waals surface area contributed by atoms with Crippen molar-refractivity contribution in [1.29, 1.82) is 0 Å². The fourth-order valence-corrected chi connectivity index (χ4v) is 2.62. The lowest BCUT2D eigenvalue weighted by Gasteiger charge is -2.13. The number of carbonyl (C=O) groups is 1. The zero-order valence-corrected chi connectivity index (χ0v) is 13.2. The minimum Gasteiger partial charge on any atom is -0.462 e. The first-order valence-corrected chi connectivity index (χ1v) is 7.57. The SMILES string of the molecule is CCOC(=O)c1cn(-c2ccccc2)c2cc(Cl)ccc2c1=O. The Hall–Kier alpha value is -2.59. The van der Waals surface area contributed by atoms with E-state index in [1.807, 2.05) is 30.3 Å². The lowest BCUT2D eigenvalue weighted by molar-refractivity contribution is 0.0524. The molecule has 3 aromatic rings. The summed E-state index contributed by atoms with van der Waals surface area (Å²) in [5.41, 5.74) is 1.11. The highest BCUT2D eigenvalue weighted by molar-refractivity contribution is 6.31. The summed E-state index contributed by atoms with van der Waals surface area (Å²) >= 11 is 6.08. The first-order chi connectivity index (χ1) is 11.1. The maximum absolute atomic E-state index is 12.6. The average Bonchev–Trinajstić information content (AvgIpc) is 2.56. The molecule has 0 radical (unpaired) electrons. The van der Waals surface area contributed by atoms with Gasteiger partial charge in [-0.15, -0.1) is 0 Å². The number of aromatic nitrogens is 1. The van der Waals surface area contributed by atoms with E-state index < -0.39 is 5.97 Å². The molecule has 0 saturated heterocycles. The molecule has 0 spiro atoms. The van der Waals surface area contributed by atoms with Crippen molar-refractivity contribution < 1.29 is 9.53 Å². The number of rotatable bonds is 3. The number of ether oxygens (including phenoxy) is 1. The normalized spacial score (nSPS) is 10.7. The fraction of sp³-hybridized carbons (Fsp3) is 0.111. The summed E-state index contributed by atoms with van der Waals surface area (Å²) in [5, 5.41) is 0.939. The summed E-state index contributed by atoms with van der Waals surface area (Å²) in [7, 11) is 0. The number of halogens is 1. The molecule has 0 N–H and O–H groups in total. The minimum atomic E-state index is -0.626. The summed E-state index contributed by atoms with van der Waals surface area (Å²) in [6.07, 6.45) is 1.51. The Balaban J connectivity index is 2.37. The second kappa shape index (κ2) is 6.26.